The Labute approximate surface area is 163 Å². The van der Waals surface area contributed by atoms with Crippen molar-refractivity contribution in [3.05, 3.63) is 28.8 Å². The molecule has 4 nitrogen and oxygen atoms in total. The number of nitrogens with one attached hydrogen (secondary N) is 1. The molecule has 1 saturated carbocycles. The van der Waals surface area contributed by atoms with Crippen LogP contribution in [0.3, 0.4) is 0 Å². The molecule has 1 aliphatic carbocycles. The summed E-state index contributed by atoms with van der Waals surface area (Å²) < 4.78 is 6.13. The third-order valence-electron chi connectivity index (χ3n) is 4.50. The maximum atomic E-state index is 11.4. The summed E-state index contributed by atoms with van der Waals surface area (Å²) in [6, 6.07) is 7.14. The minimum absolute atomic E-state index is 0.0361. The lowest BCUT2D eigenvalue weighted by Crippen LogP contribution is -2.74. The summed E-state index contributed by atoms with van der Waals surface area (Å²) >= 11 is 6.05. The maximum Gasteiger partial charge on any atom is 0.217 e. The van der Waals surface area contributed by atoms with Gasteiger partial charge in [-0.2, -0.15) is 5.26 Å². The fraction of sp³-hybridized carbons (Fsp3) is 0.619. The van der Waals surface area contributed by atoms with Crippen molar-refractivity contribution in [3.8, 4) is 11.8 Å². The molecule has 0 bridgehead atoms. The van der Waals surface area contributed by atoms with E-state index in [9.17, 15) is 4.79 Å². The van der Waals surface area contributed by atoms with Crippen molar-refractivity contribution in [2.24, 2.45) is 10.8 Å². The Morgan fingerprint density at radius 3 is 2.04 bits per heavy atom. The van der Waals surface area contributed by atoms with E-state index in [4.69, 9.17) is 21.6 Å². The zero-order valence-electron chi connectivity index (χ0n) is 17.5. The lowest BCUT2D eigenvalue weighted by Gasteiger charge is -2.63. The SMILES string of the molecule is CC.CC.CC(=O)NC1C(C)(C)C(Oc2ccc(C#N)c(Cl)c2)C1(C)C. The van der Waals surface area contributed by atoms with Crippen LogP contribution in [-0.4, -0.2) is 18.1 Å². The number of rotatable bonds is 3. The number of nitriles is 1. The predicted octanol–water partition coefficient (Wildman–Crippen LogP) is 5.58. The van der Waals surface area contributed by atoms with Crippen LogP contribution in [0.4, 0.5) is 0 Å². The maximum absolute atomic E-state index is 11.4. The van der Waals surface area contributed by atoms with Gasteiger partial charge in [0.2, 0.25) is 5.91 Å². The first-order chi connectivity index (χ1) is 12.1. The largest absolute Gasteiger partial charge is 0.489 e. The van der Waals surface area contributed by atoms with Gasteiger partial charge in [0, 0.05) is 29.9 Å². The molecular weight excluding hydrogens is 348 g/mol. The van der Waals surface area contributed by atoms with Gasteiger partial charge in [0.25, 0.3) is 0 Å². The standard InChI is InChI=1S/C17H21ClN2O2.2C2H6/c1-10(21)20-14-16(2,3)15(17(14,4)5)22-12-7-6-11(9-19)13(18)8-12;2*1-2/h6-8,14-15H,1-5H3,(H,20,21);2*1-2H3. The van der Waals surface area contributed by atoms with Crippen LogP contribution >= 0.6 is 11.6 Å². The number of benzene rings is 1. The van der Waals surface area contributed by atoms with Crippen molar-refractivity contribution in [2.45, 2.75) is 74.5 Å². The zero-order chi connectivity index (χ0) is 20.7. The summed E-state index contributed by atoms with van der Waals surface area (Å²) in [6.45, 7) is 17.8. The number of ether oxygens (including phenoxy) is 1. The van der Waals surface area contributed by atoms with Crippen molar-refractivity contribution in [2.75, 3.05) is 0 Å². The van der Waals surface area contributed by atoms with Crippen LogP contribution in [0.25, 0.3) is 0 Å². The molecule has 1 aliphatic rings. The normalized spacial score (nSPS) is 21.4. The predicted molar refractivity (Wildman–Crippen MR) is 108 cm³/mol. The van der Waals surface area contributed by atoms with Gasteiger partial charge in [0.1, 0.15) is 17.9 Å². The van der Waals surface area contributed by atoms with Gasteiger partial charge in [-0.15, -0.1) is 0 Å². The molecule has 0 saturated heterocycles. The van der Waals surface area contributed by atoms with E-state index in [0.29, 0.717) is 16.3 Å². The number of hydrogen-bond donors (Lipinski definition) is 1. The Morgan fingerprint density at radius 2 is 1.65 bits per heavy atom. The highest BCUT2D eigenvalue weighted by Crippen LogP contribution is 2.55. The number of carbonyl (C=O) groups excluding carboxylic acids is 1. The average molecular weight is 381 g/mol. The Morgan fingerprint density at radius 1 is 1.15 bits per heavy atom. The molecule has 0 unspecified atom stereocenters. The Bertz CT molecular complexity index is 632. The molecule has 0 radical (unpaired) electrons. The van der Waals surface area contributed by atoms with E-state index in [2.05, 4.69) is 33.0 Å². The molecule has 26 heavy (non-hydrogen) atoms. The van der Waals surface area contributed by atoms with Crippen molar-refractivity contribution in [1.29, 1.82) is 5.26 Å². The van der Waals surface area contributed by atoms with Crippen molar-refractivity contribution in [1.82, 2.24) is 5.32 Å². The summed E-state index contributed by atoms with van der Waals surface area (Å²) in [7, 11) is 0. The lowest BCUT2D eigenvalue weighted by molar-refractivity contribution is -0.172. The fourth-order valence-electron chi connectivity index (χ4n) is 3.80. The molecule has 0 aromatic heterocycles. The first kappa shape index (κ1) is 24.3. The third kappa shape index (κ3) is 4.92. The molecule has 146 valence electrons. The average Bonchev–Trinajstić information content (AvgIpc) is 2.60. The number of nitrogens with zero attached hydrogens (tertiary/aromatic N) is 1. The van der Waals surface area contributed by atoms with Gasteiger partial charge in [0.15, 0.2) is 0 Å². The molecule has 5 heteroatoms. The lowest BCUT2D eigenvalue weighted by atomic mass is 9.49. The summed E-state index contributed by atoms with van der Waals surface area (Å²) in [5.74, 6) is 0.599. The van der Waals surface area contributed by atoms with Crippen LogP contribution in [0.2, 0.25) is 5.02 Å². The van der Waals surface area contributed by atoms with E-state index in [0.717, 1.165) is 0 Å². The topological polar surface area (TPSA) is 62.1 Å². The van der Waals surface area contributed by atoms with Crippen LogP contribution in [0, 0.1) is 22.2 Å². The van der Waals surface area contributed by atoms with Gasteiger partial charge in [-0.1, -0.05) is 67.0 Å². The minimum atomic E-state index is -0.199. The van der Waals surface area contributed by atoms with Crippen molar-refractivity contribution >= 4 is 17.5 Å². The van der Waals surface area contributed by atoms with Crippen LogP contribution in [0.5, 0.6) is 5.75 Å². The van der Waals surface area contributed by atoms with Crippen LogP contribution in [-0.2, 0) is 4.79 Å². The Kier molecular flexibility index (Phi) is 9.17. The van der Waals surface area contributed by atoms with Gasteiger partial charge in [-0.25, -0.2) is 0 Å². The van der Waals surface area contributed by atoms with Gasteiger partial charge < -0.3 is 10.1 Å². The molecule has 1 aromatic rings. The van der Waals surface area contributed by atoms with E-state index in [1.54, 1.807) is 18.2 Å². The highest BCUT2D eigenvalue weighted by Gasteiger charge is 2.63. The molecule has 1 amide bonds. The first-order valence-electron chi connectivity index (χ1n) is 9.24. The quantitative estimate of drug-likeness (QED) is 0.744. The summed E-state index contributed by atoms with van der Waals surface area (Å²) in [5, 5.41) is 12.3. The van der Waals surface area contributed by atoms with Gasteiger partial charge >= 0.3 is 0 Å². The molecule has 2 rings (SSSR count). The summed E-state index contributed by atoms with van der Waals surface area (Å²) in [5.41, 5.74) is 0.0303. The monoisotopic (exact) mass is 380 g/mol. The number of hydrogen-bond acceptors (Lipinski definition) is 3. The molecule has 0 aliphatic heterocycles. The number of amides is 1. The molecular formula is C21H33ClN2O2. The Hall–Kier alpha value is -1.73. The molecule has 0 spiro atoms. The van der Waals surface area contributed by atoms with E-state index in [1.165, 1.54) is 6.92 Å². The Balaban J connectivity index is 0.00000146. The van der Waals surface area contributed by atoms with E-state index in [1.807, 2.05) is 33.8 Å². The number of halogens is 1. The van der Waals surface area contributed by atoms with Crippen LogP contribution in [0.15, 0.2) is 18.2 Å². The second-order valence-corrected chi connectivity index (χ2v) is 7.43. The fourth-order valence-corrected chi connectivity index (χ4v) is 4.01. The van der Waals surface area contributed by atoms with Gasteiger partial charge in [-0.05, 0) is 12.1 Å². The molecule has 1 fully saturated rings. The third-order valence-corrected chi connectivity index (χ3v) is 4.81. The second kappa shape index (κ2) is 9.83. The van der Waals surface area contributed by atoms with E-state index < -0.39 is 0 Å². The minimum Gasteiger partial charge on any atom is -0.489 e. The smallest absolute Gasteiger partial charge is 0.217 e. The highest BCUT2D eigenvalue weighted by atomic mass is 35.5. The van der Waals surface area contributed by atoms with Crippen LogP contribution in [0.1, 0.15) is 67.9 Å². The van der Waals surface area contributed by atoms with Gasteiger partial charge in [0.05, 0.1) is 10.6 Å². The molecule has 1 aromatic carbocycles. The number of carbonyl (C=O) groups is 1. The second-order valence-electron chi connectivity index (χ2n) is 7.03. The molecule has 0 atom stereocenters. The summed E-state index contributed by atoms with van der Waals surface area (Å²) in [4.78, 5) is 11.4. The first-order valence-corrected chi connectivity index (χ1v) is 9.62. The van der Waals surface area contributed by atoms with Crippen molar-refractivity contribution < 1.29 is 9.53 Å². The highest BCUT2D eigenvalue weighted by molar-refractivity contribution is 6.31. The van der Waals surface area contributed by atoms with E-state index in [-0.39, 0.29) is 28.9 Å². The van der Waals surface area contributed by atoms with E-state index >= 15 is 0 Å². The zero-order valence-corrected chi connectivity index (χ0v) is 18.3. The molecule has 0 heterocycles. The van der Waals surface area contributed by atoms with Crippen LogP contribution < -0.4 is 10.1 Å². The summed E-state index contributed by atoms with van der Waals surface area (Å²) in [6.07, 6.45) is -0.0687. The van der Waals surface area contributed by atoms with Gasteiger partial charge in [-0.3, -0.25) is 4.79 Å². The molecule has 1 N–H and O–H groups in total. The van der Waals surface area contributed by atoms with Crippen molar-refractivity contribution in [3.63, 3.8) is 0 Å².